The van der Waals surface area contributed by atoms with Crippen LogP contribution in [0.2, 0.25) is 0 Å². The van der Waals surface area contributed by atoms with E-state index in [1.54, 1.807) is 12.1 Å². The largest absolute Gasteiger partial charge is 0.320 e. The fraction of sp³-hybridized carbons (Fsp3) is 0.0769. The van der Waals surface area contributed by atoms with Gasteiger partial charge in [-0.25, -0.2) is 4.98 Å². The van der Waals surface area contributed by atoms with Crippen LogP contribution >= 0.6 is 47.8 Å². The van der Waals surface area contributed by atoms with Gasteiger partial charge in [0.15, 0.2) is 0 Å². The van der Waals surface area contributed by atoms with Crippen molar-refractivity contribution in [1.82, 2.24) is 4.98 Å². The van der Waals surface area contributed by atoms with E-state index >= 15 is 0 Å². The van der Waals surface area contributed by atoms with Crippen LogP contribution in [-0.4, -0.2) is 10.9 Å². The van der Waals surface area contributed by atoms with Gasteiger partial charge in [-0.1, -0.05) is 0 Å². The highest BCUT2D eigenvalue weighted by atomic mass is 79.9. The molecule has 2 rings (SSSR count). The third-order valence-electron chi connectivity index (χ3n) is 2.41. The Morgan fingerprint density at radius 3 is 2.32 bits per heavy atom. The lowest BCUT2D eigenvalue weighted by Gasteiger charge is -2.10. The molecule has 0 atom stereocenters. The number of nitrogens with zero attached hydrogens (tertiary/aromatic N) is 1. The van der Waals surface area contributed by atoms with Crippen molar-refractivity contribution in [1.29, 1.82) is 0 Å². The molecule has 0 spiro atoms. The van der Waals surface area contributed by atoms with Crippen LogP contribution in [0.4, 0.5) is 5.69 Å². The van der Waals surface area contributed by atoms with E-state index in [0.29, 0.717) is 15.9 Å². The maximum absolute atomic E-state index is 12.1. The lowest BCUT2D eigenvalue weighted by Crippen LogP contribution is -2.13. The number of carbonyl (C=O) groups is 1. The second-order valence-corrected chi connectivity index (χ2v) is 6.45. The van der Waals surface area contributed by atoms with E-state index in [1.165, 1.54) is 6.20 Å². The predicted octanol–water partition coefficient (Wildman–Crippen LogP) is 4.93. The number of rotatable bonds is 2. The average Bonchev–Trinajstić information content (AvgIpc) is 2.34. The van der Waals surface area contributed by atoms with Crippen LogP contribution < -0.4 is 5.32 Å². The first kappa shape index (κ1) is 14.7. The van der Waals surface area contributed by atoms with Crippen LogP contribution in [0.5, 0.6) is 0 Å². The Bertz CT molecular complexity index is 603. The van der Waals surface area contributed by atoms with E-state index in [9.17, 15) is 4.79 Å². The summed E-state index contributed by atoms with van der Waals surface area (Å²) in [5, 5.41) is 2.85. The lowest BCUT2D eigenvalue weighted by molar-refractivity contribution is 0.102. The minimum absolute atomic E-state index is 0.203. The summed E-state index contributed by atoms with van der Waals surface area (Å²) in [6.45, 7) is 1.99. The predicted molar refractivity (Wildman–Crippen MR) is 86.5 cm³/mol. The number of anilines is 1. The Morgan fingerprint density at radius 1 is 1.16 bits per heavy atom. The maximum Gasteiger partial charge on any atom is 0.257 e. The summed E-state index contributed by atoms with van der Waals surface area (Å²) in [6.07, 6.45) is 1.52. The topological polar surface area (TPSA) is 42.0 Å². The van der Waals surface area contributed by atoms with Gasteiger partial charge in [0.1, 0.15) is 4.60 Å². The summed E-state index contributed by atoms with van der Waals surface area (Å²) in [6, 6.07) is 7.33. The van der Waals surface area contributed by atoms with E-state index in [4.69, 9.17) is 0 Å². The van der Waals surface area contributed by atoms with Gasteiger partial charge >= 0.3 is 0 Å². The highest BCUT2D eigenvalue weighted by Gasteiger charge is 2.12. The number of pyridine rings is 1. The Labute approximate surface area is 136 Å². The quantitative estimate of drug-likeness (QED) is 0.662. The number of nitrogens with one attached hydrogen (secondary N) is 1. The van der Waals surface area contributed by atoms with Gasteiger partial charge in [0.2, 0.25) is 0 Å². The summed E-state index contributed by atoms with van der Waals surface area (Å²) in [7, 11) is 0. The number of benzene rings is 1. The molecule has 0 aliphatic heterocycles. The molecule has 0 radical (unpaired) electrons. The molecule has 1 N–H and O–H groups in total. The fourth-order valence-corrected chi connectivity index (χ4v) is 3.36. The minimum atomic E-state index is -0.203. The van der Waals surface area contributed by atoms with Gasteiger partial charge in [-0.2, -0.15) is 0 Å². The second-order valence-electron chi connectivity index (χ2n) is 3.93. The second kappa shape index (κ2) is 6.15. The molecule has 6 heteroatoms. The molecule has 0 saturated carbocycles. The SMILES string of the molecule is Cc1cc(Br)c(NC(=O)c2ccc(Br)nc2)c(Br)c1. The highest BCUT2D eigenvalue weighted by molar-refractivity contribution is 9.11. The van der Waals surface area contributed by atoms with Crippen molar-refractivity contribution >= 4 is 59.4 Å². The van der Waals surface area contributed by atoms with Gasteiger partial charge in [0.05, 0.1) is 11.3 Å². The molecule has 1 heterocycles. The Kier molecular flexibility index (Phi) is 4.76. The van der Waals surface area contributed by atoms with E-state index in [0.717, 1.165) is 14.5 Å². The summed E-state index contributed by atoms with van der Waals surface area (Å²) in [4.78, 5) is 16.1. The molecule has 0 saturated heterocycles. The van der Waals surface area contributed by atoms with Crippen LogP contribution in [-0.2, 0) is 0 Å². The van der Waals surface area contributed by atoms with Crippen molar-refractivity contribution < 1.29 is 4.79 Å². The standard InChI is InChI=1S/C13H9Br3N2O/c1-7-4-9(14)12(10(15)5-7)18-13(19)8-2-3-11(16)17-6-8/h2-6H,1H3,(H,18,19). The fourth-order valence-electron chi connectivity index (χ4n) is 1.52. The molecular formula is C13H9Br3N2O. The highest BCUT2D eigenvalue weighted by Crippen LogP contribution is 2.32. The van der Waals surface area contributed by atoms with E-state index < -0.39 is 0 Å². The molecule has 1 amide bonds. The van der Waals surface area contributed by atoms with E-state index in [-0.39, 0.29) is 5.91 Å². The van der Waals surface area contributed by atoms with Gasteiger partial charge in [0.25, 0.3) is 5.91 Å². The maximum atomic E-state index is 12.1. The van der Waals surface area contributed by atoms with Crippen molar-refractivity contribution in [3.8, 4) is 0 Å². The van der Waals surface area contributed by atoms with Crippen molar-refractivity contribution in [2.75, 3.05) is 5.32 Å². The monoisotopic (exact) mass is 446 g/mol. The molecule has 0 bridgehead atoms. The van der Waals surface area contributed by atoms with Gasteiger partial charge in [-0.3, -0.25) is 4.79 Å². The van der Waals surface area contributed by atoms with Crippen molar-refractivity contribution in [2.24, 2.45) is 0 Å². The number of halogens is 3. The molecule has 98 valence electrons. The van der Waals surface area contributed by atoms with Crippen LogP contribution in [0.15, 0.2) is 44.0 Å². The zero-order chi connectivity index (χ0) is 14.0. The third-order valence-corrected chi connectivity index (χ3v) is 4.13. The molecule has 2 aromatic rings. The van der Waals surface area contributed by atoms with Crippen LogP contribution in [0, 0.1) is 6.92 Å². The number of carbonyl (C=O) groups excluding carboxylic acids is 1. The van der Waals surface area contributed by atoms with Crippen LogP contribution in [0.25, 0.3) is 0 Å². The zero-order valence-electron chi connectivity index (χ0n) is 9.88. The Morgan fingerprint density at radius 2 is 1.79 bits per heavy atom. The van der Waals surface area contributed by atoms with Crippen molar-refractivity contribution in [3.63, 3.8) is 0 Å². The van der Waals surface area contributed by atoms with E-state index in [2.05, 4.69) is 58.1 Å². The lowest BCUT2D eigenvalue weighted by atomic mass is 10.2. The Hall–Kier alpha value is -0.720. The summed E-state index contributed by atoms with van der Waals surface area (Å²) >= 11 is 10.1. The number of amides is 1. The molecule has 19 heavy (non-hydrogen) atoms. The first-order valence-electron chi connectivity index (χ1n) is 5.36. The number of hydrogen-bond donors (Lipinski definition) is 1. The van der Waals surface area contributed by atoms with Gasteiger partial charge in [0, 0.05) is 15.1 Å². The number of aromatic nitrogens is 1. The molecule has 0 aliphatic rings. The average molecular weight is 449 g/mol. The van der Waals surface area contributed by atoms with Crippen LogP contribution in [0.1, 0.15) is 15.9 Å². The molecule has 0 aliphatic carbocycles. The molecule has 1 aromatic carbocycles. The van der Waals surface area contributed by atoms with Gasteiger partial charge in [-0.15, -0.1) is 0 Å². The summed E-state index contributed by atoms with van der Waals surface area (Å²) < 4.78 is 2.36. The summed E-state index contributed by atoms with van der Waals surface area (Å²) in [5.74, 6) is -0.203. The normalized spacial score (nSPS) is 10.3. The molecule has 3 nitrogen and oxygen atoms in total. The summed E-state index contributed by atoms with van der Waals surface area (Å²) in [5.41, 5.74) is 2.31. The zero-order valence-corrected chi connectivity index (χ0v) is 14.6. The molecule has 1 aromatic heterocycles. The van der Waals surface area contributed by atoms with E-state index in [1.807, 2.05) is 19.1 Å². The van der Waals surface area contributed by atoms with Crippen LogP contribution in [0.3, 0.4) is 0 Å². The Balaban J connectivity index is 2.26. The van der Waals surface area contributed by atoms with Gasteiger partial charge < -0.3 is 5.32 Å². The first-order chi connectivity index (χ1) is 8.97. The first-order valence-corrected chi connectivity index (χ1v) is 7.74. The molecule has 0 unspecified atom stereocenters. The molecule has 0 fully saturated rings. The minimum Gasteiger partial charge on any atom is -0.320 e. The smallest absolute Gasteiger partial charge is 0.257 e. The number of aryl methyl sites for hydroxylation is 1. The number of hydrogen-bond acceptors (Lipinski definition) is 2. The van der Waals surface area contributed by atoms with Crippen molar-refractivity contribution in [2.45, 2.75) is 6.92 Å². The van der Waals surface area contributed by atoms with Gasteiger partial charge in [-0.05, 0) is 84.5 Å². The third kappa shape index (κ3) is 3.64. The van der Waals surface area contributed by atoms with Crippen molar-refractivity contribution in [3.05, 3.63) is 55.1 Å². The molecular weight excluding hydrogens is 440 g/mol.